The molecule has 1 atom stereocenters. The third-order valence-corrected chi connectivity index (χ3v) is 4.14. The van der Waals surface area contributed by atoms with E-state index in [2.05, 4.69) is 47.6 Å². The third kappa shape index (κ3) is 2.93. The Morgan fingerprint density at radius 1 is 1.50 bits per heavy atom. The molecule has 0 bridgehead atoms. The minimum atomic E-state index is 0.247. The first kappa shape index (κ1) is 13.6. The van der Waals surface area contributed by atoms with Crippen LogP contribution in [0.1, 0.15) is 33.0 Å². The van der Waals surface area contributed by atoms with E-state index in [1.807, 2.05) is 12.4 Å². The second-order valence-electron chi connectivity index (χ2n) is 5.95. The monoisotopic (exact) mass is 250 g/mol. The highest BCUT2D eigenvalue weighted by atomic mass is 15.3. The molecule has 4 nitrogen and oxygen atoms in total. The van der Waals surface area contributed by atoms with Gasteiger partial charge < -0.3 is 9.88 Å². The summed E-state index contributed by atoms with van der Waals surface area (Å²) in [5.41, 5.74) is 0.247. The molecule has 18 heavy (non-hydrogen) atoms. The fourth-order valence-corrected chi connectivity index (χ4v) is 2.62. The maximum atomic E-state index is 4.41. The summed E-state index contributed by atoms with van der Waals surface area (Å²) in [5.74, 6) is 1.18. The molecule has 0 amide bonds. The van der Waals surface area contributed by atoms with Gasteiger partial charge in [0.2, 0.25) is 0 Å². The van der Waals surface area contributed by atoms with Crippen molar-refractivity contribution < 1.29 is 0 Å². The molecule has 0 spiro atoms. The average Bonchev–Trinajstić information content (AvgIpc) is 2.73. The first-order chi connectivity index (χ1) is 8.53. The van der Waals surface area contributed by atoms with Crippen LogP contribution in [0.15, 0.2) is 12.4 Å². The van der Waals surface area contributed by atoms with E-state index in [1.165, 1.54) is 12.2 Å². The van der Waals surface area contributed by atoms with E-state index in [9.17, 15) is 0 Å². The van der Waals surface area contributed by atoms with E-state index in [-0.39, 0.29) is 5.54 Å². The molecule has 1 fully saturated rings. The largest absolute Gasteiger partial charge is 0.338 e. The molecule has 0 saturated carbocycles. The Hall–Kier alpha value is -0.870. The van der Waals surface area contributed by atoms with Gasteiger partial charge in [-0.1, -0.05) is 6.92 Å². The van der Waals surface area contributed by atoms with Crippen molar-refractivity contribution >= 4 is 0 Å². The van der Waals surface area contributed by atoms with Gasteiger partial charge in [0.25, 0.3) is 0 Å². The smallest absolute Gasteiger partial charge is 0.109 e. The summed E-state index contributed by atoms with van der Waals surface area (Å²) >= 11 is 0. The van der Waals surface area contributed by atoms with Crippen LogP contribution in [0.3, 0.4) is 0 Å². The molecule has 1 aromatic rings. The van der Waals surface area contributed by atoms with Crippen LogP contribution in [-0.2, 0) is 13.5 Å². The van der Waals surface area contributed by atoms with Crippen LogP contribution in [0.2, 0.25) is 0 Å². The molecule has 1 saturated heterocycles. The quantitative estimate of drug-likeness (QED) is 0.877. The maximum absolute atomic E-state index is 4.41. The molecular formula is C14H26N4. The number of aryl methyl sites for hydroxylation is 1. The standard InChI is InChI=1S/C14H26N4/c1-5-12-10-18(14(2,3)11-16-12)8-6-13-15-7-9-17(13)4/h7,9,12,16H,5-6,8,10-11H2,1-4H3. The molecule has 1 N–H and O–H groups in total. The van der Waals surface area contributed by atoms with Crippen LogP contribution < -0.4 is 5.32 Å². The number of aromatic nitrogens is 2. The zero-order chi connectivity index (χ0) is 13.2. The van der Waals surface area contributed by atoms with Gasteiger partial charge >= 0.3 is 0 Å². The zero-order valence-corrected chi connectivity index (χ0v) is 12.1. The van der Waals surface area contributed by atoms with Gasteiger partial charge in [0, 0.05) is 57.1 Å². The van der Waals surface area contributed by atoms with Crippen molar-refractivity contribution in [2.75, 3.05) is 19.6 Å². The molecule has 1 aliphatic rings. The lowest BCUT2D eigenvalue weighted by Gasteiger charge is -2.46. The number of nitrogens with one attached hydrogen (secondary N) is 1. The zero-order valence-electron chi connectivity index (χ0n) is 12.1. The van der Waals surface area contributed by atoms with Gasteiger partial charge in [-0.2, -0.15) is 0 Å². The summed E-state index contributed by atoms with van der Waals surface area (Å²) in [6.07, 6.45) is 6.14. The lowest BCUT2D eigenvalue weighted by Crippen LogP contribution is -2.62. The summed E-state index contributed by atoms with van der Waals surface area (Å²) < 4.78 is 2.12. The predicted octanol–water partition coefficient (Wildman–Crippen LogP) is 1.42. The van der Waals surface area contributed by atoms with Gasteiger partial charge in [0.05, 0.1) is 0 Å². The van der Waals surface area contributed by atoms with Crippen molar-refractivity contribution in [3.05, 3.63) is 18.2 Å². The lowest BCUT2D eigenvalue weighted by molar-refractivity contribution is 0.0657. The molecule has 1 aromatic heterocycles. The van der Waals surface area contributed by atoms with Crippen LogP contribution >= 0.6 is 0 Å². The fourth-order valence-electron chi connectivity index (χ4n) is 2.62. The van der Waals surface area contributed by atoms with Gasteiger partial charge in [-0.3, -0.25) is 4.90 Å². The van der Waals surface area contributed by atoms with Crippen molar-refractivity contribution in [1.82, 2.24) is 19.8 Å². The third-order valence-electron chi connectivity index (χ3n) is 4.14. The van der Waals surface area contributed by atoms with Gasteiger partial charge in [-0.25, -0.2) is 4.98 Å². The minimum absolute atomic E-state index is 0.247. The Kier molecular flexibility index (Phi) is 4.07. The Labute approximate surface area is 110 Å². The number of hydrogen-bond acceptors (Lipinski definition) is 3. The number of rotatable bonds is 4. The highest BCUT2D eigenvalue weighted by Gasteiger charge is 2.32. The van der Waals surface area contributed by atoms with E-state index in [0.717, 1.165) is 26.1 Å². The number of imidazole rings is 1. The highest BCUT2D eigenvalue weighted by molar-refractivity contribution is 4.96. The van der Waals surface area contributed by atoms with E-state index >= 15 is 0 Å². The summed E-state index contributed by atoms with van der Waals surface area (Å²) in [7, 11) is 2.07. The fraction of sp³-hybridized carbons (Fsp3) is 0.786. The van der Waals surface area contributed by atoms with Gasteiger partial charge in [-0.15, -0.1) is 0 Å². The van der Waals surface area contributed by atoms with E-state index < -0.39 is 0 Å². The van der Waals surface area contributed by atoms with E-state index in [0.29, 0.717) is 6.04 Å². The summed E-state index contributed by atoms with van der Waals surface area (Å²) in [6, 6.07) is 0.638. The first-order valence-corrected chi connectivity index (χ1v) is 6.97. The van der Waals surface area contributed by atoms with Gasteiger partial charge in [0.1, 0.15) is 5.82 Å². The number of nitrogens with zero attached hydrogens (tertiary/aromatic N) is 3. The summed E-state index contributed by atoms with van der Waals surface area (Å²) in [5, 5.41) is 3.63. The Morgan fingerprint density at radius 3 is 2.89 bits per heavy atom. The molecule has 0 radical (unpaired) electrons. The van der Waals surface area contributed by atoms with Crippen molar-refractivity contribution in [3.8, 4) is 0 Å². The van der Waals surface area contributed by atoms with Crippen molar-refractivity contribution in [3.63, 3.8) is 0 Å². The molecular weight excluding hydrogens is 224 g/mol. The topological polar surface area (TPSA) is 33.1 Å². The van der Waals surface area contributed by atoms with Crippen molar-refractivity contribution in [2.45, 2.75) is 45.2 Å². The second-order valence-corrected chi connectivity index (χ2v) is 5.95. The summed E-state index contributed by atoms with van der Waals surface area (Å²) in [4.78, 5) is 7.01. The molecule has 102 valence electrons. The molecule has 0 aliphatic carbocycles. The number of piperazine rings is 1. The minimum Gasteiger partial charge on any atom is -0.338 e. The molecule has 4 heteroatoms. The Bertz CT molecular complexity index is 383. The first-order valence-electron chi connectivity index (χ1n) is 6.97. The predicted molar refractivity (Wildman–Crippen MR) is 74.6 cm³/mol. The van der Waals surface area contributed by atoms with Crippen LogP contribution in [-0.4, -0.2) is 45.7 Å². The highest BCUT2D eigenvalue weighted by Crippen LogP contribution is 2.19. The summed E-state index contributed by atoms with van der Waals surface area (Å²) in [6.45, 7) is 10.2. The SMILES string of the molecule is CCC1CN(CCc2nccn2C)C(C)(C)CN1. The van der Waals surface area contributed by atoms with E-state index in [1.54, 1.807) is 0 Å². The van der Waals surface area contributed by atoms with E-state index in [4.69, 9.17) is 0 Å². The van der Waals surface area contributed by atoms with Crippen molar-refractivity contribution in [2.24, 2.45) is 7.05 Å². The second kappa shape index (κ2) is 5.41. The normalized spacial score (nSPS) is 24.3. The number of hydrogen-bond donors (Lipinski definition) is 1. The average molecular weight is 250 g/mol. The van der Waals surface area contributed by atoms with Crippen LogP contribution in [0, 0.1) is 0 Å². The van der Waals surface area contributed by atoms with Crippen LogP contribution in [0.5, 0.6) is 0 Å². The molecule has 2 rings (SSSR count). The van der Waals surface area contributed by atoms with Crippen LogP contribution in [0.4, 0.5) is 0 Å². The van der Waals surface area contributed by atoms with Gasteiger partial charge in [0.15, 0.2) is 0 Å². The molecule has 1 unspecified atom stereocenters. The molecule has 1 aliphatic heterocycles. The Morgan fingerprint density at radius 2 is 2.28 bits per heavy atom. The lowest BCUT2D eigenvalue weighted by atomic mass is 9.96. The molecule has 2 heterocycles. The molecule has 0 aromatic carbocycles. The van der Waals surface area contributed by atoms with Gasteiger partial charge in [-0.05, 0) is 20.3 Å². The Balaban J connectivity index is 1.95. The van der Waals surface area contributed by atoms with Crippen LogP contribution in [0.25, 0.3) is 0 Å². The van der Waals surface area contributed by atoms with Crippen molar-refractivity contribution in [1.29, 1.82) is 0 Å². The maximum Gasteiger partial charge on any atom is 0.109 e.